The molecule has 8 aromatic heterocycles. The fourth-order valence-corrected chi connectivity index (χ4v) is 13.0. The summed E-state index contributed by atoms with van der Waals surface area (Å²) in [7, 11) is 0. The summed E-state index contributed by atoms with van der Waals surface area (Å²) in [5, 5.41) is 0. The Bertz CT molecular complexity index is 6130. The predicted octanol–water partition coefficient (Wildman–Crippen LogP) is 27.6. The van der Waals surface area contributed by atoms with Crippen LogP contribution in [0.5, 0.6) is 0 Å². The number of hydrogen-bond donors (Lipinski definition) is 0. The standard InChI is InChI=1S/C20H18N.2C18H14N.2C17H12N.C11H10N2.C11H8N.5Ir/c1-14-9-15(2)11-18(10-14)20-12-16(3)19(13-21-20)17-7-5-4-6-8-17;1-14-6-4-7-15(12-14)16-8-5-9-17(13-16)18-10-2-3-11-19-18;1-14-10-11-18(19-13-14)17-9-5-8-16(12-17)15-6-3-2-4-7-15;1-2-7-14(8-3-1)15-9-6-10-16(13-15)17-11-4-5-12-18-17;1-2-6-14(7-3-1)15-9-11-16(12-10-15)17-8-4-5-13-18-17;1-9-5-4-8-13-11(9)10-6-2-3-7-12-10;1-2-6-10(7-3-1)11-8-4-5-9-12-11;;;;;/h4-10,12-13H,1-3H3;2*2-8,10-13H,1H3;1-9,11-13H;1-11,13H;2-8H,1H3;1-6,8-9H;;;;;/q5*-1;;-1;;;;;. The number of pyridine rings is 8. The first-order valence-corrected chi connectivity index (χ1v) is 39.7. The number of hydrogen-bond acceptors (Lipinski definition) is 8. The molecule has 0 saturated heterocycles. The fourth-order valence-electron chi connectivity index (χ4n) is 13.0. The van der Waals surface area contributed by atoms with Crippen LogP contribution in [0, 0.1) is 77.9 Å². The van der Waals surface area contributed by atoms with Gasteiger partial charge in [-0.05, 0) is 143 Å². The van der Waals surface area contributed by atoms with Gasteiger partial charge in [0.1, 0.15) is 0 Å². The van der Waals surface area contributed by atoms with Gasteiger partial charge in [0.25, 0.3) is 0 Å². The van der Waals surface area contributed by atoms with Gasteiger partial charge in [-0.2, -0.15) is 0 Å². The SMILES string of the molecule is Cc1[c-]c(-c2cc(C)c(-c3ccccc3)cn2)cc(C)c1.Cc1ccc(-c2[c-]ccc(-c3ccccc3)c2)nc1.Cc1cccc(-c2cc[c-]c(-c3ccccn3)c2)c1.Cc1cccnc1-c1ccccn1.[Ir].[Ir].[Ir].[Ir].[Ir].[c-]1cc(-c2ccccc2)ccc1-c1ccccn1.[c-]1ccc(-c2ccccc2)cc1-c1ccccn1.[c-]1ccccc1-c1ccccn1. The van der Waals surface area contributed by atoms with Crippen molar-refractivity contribution < 1.29 is 101 Å². The molecule has 0 fully saturated rings. The maximum Gasteiger partial charge on any atom is 0.0915 e. The maximum absolute atomic E-state index is 4.64. The summed E-state index contributed by atoms with van der Waals surface area (Å²) in [6.07, 6.45) is 14.6. The normalized spacial score (nSPS) is 9.84. The molecule has 5 radical (unpaired) electrons. The van der Waals surface area contributed by atoms with E-state index in [1.165, 1.54) is 77.9 Å². The van der Waals surface area contributed by atoms with Crippen LogP contribution in [0.25, 0.3) is 135 Å². The van der Waals surface area contributed by atoms with E-state index in [1.807, 2.05) is 239 Å². The zero-order valence-corrected chi connectivity index (χ0v) is 81.6. The smallest absolute Gasteiger partial charge is 0.0915 e. The minimum Gasteiger partial charge on any atom is -0.305 e. The van der Waals surface area contributed by atoms with Crippen LogP contribution in [0.3, 0.4) is 0 Å². The average molecular weight is 2510 g/mol. The van der Waals surface area contributed by atoms with Gasteiger partial charge in [0.2, 0.25) is 0 Å². The molecule has 8 nitrogen and oxygen atoms in total. The summed E-state index contributed by atoms with van der Waals surface area (Å²) in [6.45, 7) is 12.5. The molecule has 125 heavy (non-hydrogen) atoms. The predicted molar refractivity (Wildman–Crippen MR) is 494 cm³/mol. The molecule has 0 spiro atoms. The summed E-state index contributed by atoms with van der Waals surface area (Å²) in [6, 6.07) is 146. The van der Waals surface area contributed by atoms with E-state index in [1.54, 1.807) is 31.0 Å². The van der Waals surface area contributed by atoms with Crippen molar-refractivity contribution in [3.63, 3.8) is 0 Å². The Morgan fingerprint density at radius 3 is 1.03 bits per heavy atom. The largest absolute Gasteiger partial charge is 0.305 e. The maximum atomic E-state index is 4.64. The van der Waals surface area contributed by atoms with Gasteiger partial charge in [-0.15, -0.1) is 207 Å². The van der Waals surface area contributed by atoms with Crippen molar-refractivity contribution in [3.8, 4) is 135 Å². The van der Waals surface area contributed by atoms with Gasteiger partial charge in [-0.1, -0.05) is 255 Å². The van der Waals surface area contributed by atoms with Gasteiger partial charge in [-0.3, -0.25) is 9.97 Å². The molecule has 19 aromatic rings. The zero-order valence-electron chi connectivity index (χ0n) is 69.7. The van der Waals surface area contributed by atoms with Crippen LogP contribution >= 0.6 is 0 Å². The molecule has 19 rings (SSSR count). The van der Waals surface area contributed by atoms with E-state index in [2.05, 4.69) is 274 Å². The van der Waals surface area contributed by atoms with E-state index in [0.717, 1.165) is 90.1 Å². The third-order valence-corrected chi connectivity index (χ3v) is 19.1. The number of aromatic nitrogens is 8. The second-order valence-electron chi connectivity index (χ2n) is 28.2. The number of rotatable bonds is 12. The molecule has 0 amide bonds. The van der Waals surface area contributed by atoms with E-state index in [0.29, 0.717) is 0 Å². The number of nitrogens with zero attached hydrogens (tertiary/aromatic N) is 8. The minimum atomic E-state index is 0. The summed E-state index contributed by atoms with van der Waals surface area (Å²) >= 11 is 0. The third kappa shape index (κ3) is 30.1. The van der Waals surface area contributed by atoms with Crippen molar-refractivity contribution in [3.05, 3.63) is 495 Å². The van der Waals surface area contributed by atoms with Crippen molar-refractivity contribution in [1.29, 1.82) is 0 Å². The monoisotopic (exact) mass is 2510 g/mol. The van der Waals surface area contributed by atoms with Crippen molar-refractivity contribution >= 4 is 0 Å². The van der Waals surface area contributed by atoms with Crippen molar-refractivity contribution in [2.24, 2.45) is 0 Å². The van der Waals surface area contributed by atoms with E-state index in [4.69, 9.17) is 0 Å². The van der Waals surface area contributed by atoms with E-state index >= 15 is 0 Å². The first-order valence-electron chi connectivity index (χ1n) is 39.7. The van der Waals surface area contributed by atoms with Gasteiger partial charge in [-0.25, -0.2) is 0 Å². The Balaban J connectivity index is 0.000000181. The molecular weight excluding hydrogens is 2420 g/mol. The Kier molecular flexibility index (Phi) is 41.3. The van der Waals surface area contributed by atoms with E-state index < -0.39 is 0 Å². The molecule has 0 saturated carbocycles. The molecule has 0 N–H and O–H groups in total. The van der Waals surface area contributed by atoms with Crippen LogP contribution in [0.1, 0.15) is 33.4 Å². The fraction of sp³-hybridized carbons (Fsp3) is 0.0536. The Labute approximate surface area is 804 Å². The quantitative estimate of drug-likeness (QED) is 0.111. The first-order chi connectivity index (χ1) is 59.0. The first kappa shape index (κ1) is 98.3. The number of benzene rings is 11. The van der Waals surface area contributed by atoms with Crippen LogP contribution in [-0.4, -0.2) is 39.9 Å². The topological polar surface area (TPSA) is 103 Å². The minimum absolute atomic E-state index is 0. The molecular formula is C112H88Ir5N8-6. The molecule has 0 bridgehead atoms. The molecule has 0 aliphatic carbocycles. The Hall–Kier alpha value is -12.1. The molecule has 13 heteroatoms. The van der Waals surface area contributed by atoms with Crippen LogP contribution in [0.2, 0.25) is 0 Å². The number of aryl methyl sites for hydroxylation is 6. The molecule has 0 aliphatic rings. The van der Waals surface area contributed by atoms with Gasteiger partial charge < -0.3 is 29.9 Å². The summed E-state index contributed by atoms with van der Waals surface area (Å²) in [4.78, 5) is 34.9. The van der Waals surface area contributed by atoms with Crippen LogP contribution in [0.15, 0.2) is 426 Å². The second kappa shape index (κ2) is 52.5. The zero-order chi connectivity index (χ0) is 82.7. The van der Waals surface area contributed by atoms with E-state index in [-0.39, 0.29) is 101 Å². The molecule has 627 valence electrons. The van der Waals surface area contributed by atoms with Gasteiger partial charge >= 0.3 is 0 Å². The van der Waals surface area contributed by atoms with Gasteiger partial charge in [0.15, 0.2) is 0 Å². The molecule has 0 aliphatic heterocycles. The third-order valence-electron chi connectivity index (χ3n) is 19.1. The van der Waals surface area contributed by atoms with Crippen molar-refractivity contribution in [1.82, 2.24) is 39.9 Å². The van der Waals surface area contributed by atoms with E-state index in [9.17, 15) is 0 Å². The summed E-state index contributed by atoms with van der Waals surface area (Å²) in [5.74, 6) is 0. The van der Waals surface area contributed by atoms with Crippen molar-refractivity contribution in [2.45, 2.75) is 41.5 Å². The molecule has 11 aromatic carbocycles. The molecule has 8 heterocycles. The molecule has 0 unspecified atom stereocenters. The van der Waals surface area contributed by atoms with Crippen LogP contribution in [-0.2, 0) is 101 Å². The van der Waals surface area contributed by atoms with Crippen molar-refractivity contribution in [2.75, 3.05) is 0 Å². The Morgan fingerprint density at radius 2 is 0.608 bits per heavy atom. The van der Waals surface area contributed by atoms with Gasteiger partial charge in [0, 0.05) is 156 Å². The summed E-state index contributed by atoms with van der Waals surface area (Å²) in [5.41, 5.74) is 33.1. The second-order valence-corrected chi connectivity index (χ2v) is 28.2. The Morgan fingerprint density at radius 1 is 0.200 bits per heavy atom. The van der Waals surface area contributed by atoms with Crippen LogP contribution < -0.4 is 0 Å². The summed E-state index contributed by atoms with van der Waals surface area (Å²) < 4.78 is 0. The van der Waals surface area contributed by atoms with Gasteiger partial charge in [0.05, 0.1) is 11.4 Å². The molecule has 0 atom stereocenters. The van der Waals surface area contributed by atoms with Crippen LogP contribution in [0.4, 0.5) is 0 Å². The average Bonchev–Trinajstić information content (AvgIpc) is 0.803.